The van der Waals surface area contributed by atoms with Gasteiger partial charge in [-0.3, -0.25) is 4.79 Å². The minimum absolute atomic E-state index is 0.0988. The van der Waals surface area contributed by atoms with Crippen LogP contribution in [0, 0.1) is 0 Å². The normalized spacial score (nSPS) is 11.4. The lowest BCUT2D eigenvalue weighted by atomic mass is 10.1. The van der Waals surface area contributed by atoms with Crippen LogP contribution in [0.1, 0.15) is 20.8 Å². The summed E-state index contributed by atoms with van der Waals surface area (Å²) in [5, 5.41) is 15.8. The average molecular weight is 293 g/mol. The van der Waals surface area contributed by atoms with Crippen LogP contribution in [0.25, 0.3) is 10.8 Å². The third-order valence-corrected chi connectivity index (χ3v) is 2.85. The quantitative estimate of drug-likeness (QED) is 0.912. The first-order valence-electron chi connectivity index (χ1n) is 6.32. The lowest BCUT2D eigenvalue weighted by molar-refractivity contribution is -0.120. The number of benzene rings is 1. The van der Waals surface area contributed by atoms with Crippen molar-refractivity contribution in [2.75, 3.05) is 11.9 Å². The van der Waals surface area contributed by atoms with Crippen molar-refractivity contribution in [2.45, 2.75) is 26.3 Å². The first kappa shape index (κ1) is 14.5. The van der Waals surface area contributed by atoms with E-state index in [9.17, 15) is 4.79 Å². The van der Waals surface area contributed by atoms with E-state index in [4.69, 9.17) is 11.6 Å². The maximum absolute atomic E-state index is 11.8. The molecule has 0 fully saturated rings. The molecule has 1 aromatic heterocycles. The number of aromatic nitrogens is 2. The molecule has 0 aliphatic rings. The van der Waals surface area contributed by atoms with Gasteiger partial charge in [-0.25, -0.2) is 0 Å². The molecular weight excluding hydrogens is 276 g/mol. The summed E-state index contributed by atoms with van der Waals surface area (Å²) in [6, 6.07) is 7.53. The molecule has 5 nitrogen and oxygen atoms in total. The van der Waals surface area contributed by atoms with Gasteiger partial charge in [-0.05, 0) is 20.8 Å². The maximum atomic E-state index is 11.8. The largest absolute Gasteiger partial charge is 0.359 e. The molecule has 1 heterocycles. The van der Waals surface area contributed by atoms with E-state index >= 15 is 0 Å². The van der Waals surface area contributed by atoms with Crippen LogP contribution in [0.15, 0.2) is 24.3 Å². The third kappa shape index (κ3) is 3.57. The van der Waals surface area contributed by atoms with Gasteiger partial charge in [-0.1, -0.05) is 35.9 Å². The fraction of sp³-hybridized carbons (Fsp3) is 0.357. The smallest absolute Gasteiger partial charge is 0.239 e. The SMILES string of the molecule is CC(C)(C)NC(=O)CNc1nnc(Cl)c2ccccc12. The summed E-state index contributed by atoms with van der Waals surface area (Å²) in [4.78, 5) is 11.8. The topological polar surface area (TPSA) is 66.9 Å². The van der Waals surface area contributed by atoms with Crippen molar-refractivity contribution in [1.29, 1.82) is 0 Å². The van der Waals surface area contributed by atoms with Crippen molar-refractivity contribution in [2.24, 2.45) is 0 Å². The van der Waals surface area contributed by atoms with Gasteiger partial charge >= 0.3 is 0 Å². The second-order valence-corrected chi connectivity index (χ2v) is 5.89. The molecule has 0 saturated heterocycles. The zero-order valence-electron chi connectivity index (χ0n) is 11.7. The van der Waals surface area contributed by atoms with Gasteiger partial charge in [0.05, 0.1) is 6.54 Å². The van der Waals surface area contributed by atoms with Crippen LogP contribution >= 0.6 is 11.6 Å². The van der Waals surface area contributed by atoms with Crippen molar-refractivity contribution in [3.05, 3.63) is 29.4 Å². The van der Waals surface area contributed by atoms with Gasteiger partial charge < -0.3 is 10.6 Å². The number of rotatable bonds is 3. The molecule has 1 amide bonds. The molecule has 2 aromatic rings. The highest BCUT2D eigenvalue weighted by Crippen LogP contribution is 2.25. The minimum atomic E-state index is -0.257. The highest BCUT2D eigenvalue weighted by molar-refractivity contribution is 6.34. The third-order valence-electron chi connectivity index (χ3n) is 2.57. The molecule has 1 aromatic carbocycles. The van der Waals surface area contributed by atoms with E-state index in [1.54, 1.807) is 0 Å². The summed E-state index contributed by atoms with van der Waals surface area (Å²) in [5.74, 6) is 0.451. The van der Waals surface area contributed by atoms with Crippen molar-refractivity contribution in [1.82, 2.24) is 15.5 Å². The Morgan fingerprint density at radius 1 is 1.20 bits per heavy atom. The second-order valence-electron chi connectivity index (χ2n) is 5.54. The molecule has 2 rings (SSSR count). The fourth-order valence-corrected chi connectivity index (χ4v) is 2.03. The Labute approximate surface area is 122 Å². The standard InChI is InChI=1S/C14H17ClN4O/c1-14(2,3)17-11(20)8-16-13-10-7-5-4-6-9(10)12(15)18-19-13/h4-7H,8H2,1-3H3,(H,16,19)(H,17,20). The average Bonchev–Trinajstić information content (AvgIpc) is 2.36. The molecule has 0 aliphatic carbocycles. The van der Waals surface area contributed by atoms with Crippen molar-refractivity contribution in [3.63, 3.8) is 0 Å². The van der Waals surface area contributed by atoms with E-state index < -0.39 is 0 Å². The molecule has 2 N–H and O–H groups in total. The van der Waals surface area contributed by atoms with E-state index in [2.05, 4.69) is 20.8 Å². The van der Waals surface area contributed by atoms with Crippen LogP contribution in [0.5, 0.6) is 0 Å². The number of hydrogen-bond acceptors (Lipinski definition) is 4. The molecule has 6 heteroatoms. The van der Waals surface area contributed by atoms with Crippen LogP contribution in [0.3, 0.4) is 0 Å². The number of anilines is 1. The number of hydrogen-bond donors (Lipinski definition) is 2. The zero-order valence-corrected chi connectivity index (χ0v) is 12.5. The predicted octanol–water partition coefficient (Wildman–Crippen LogP) is 2.61. The molecule has 20 heavy (non-hydrogen) atoms. The van der Waals surface area contributed by atoms with Gasteiger partial charge in [0.1, 0.15) is 0 Å². The van der Waals surface area contributed by atoms with E-state index in [-0.39, 0.29) is 18.0 Å². The minimum Gasteiger partial charge on any atom is -0.359 e. The first-order valence-corrected chi connectivity index (χ1v) is 6.70. The van der Waals surface area contributed by atoms with Gasteiger partial charge in [0, 0.05) is 16.3 Å². The summed E-state index contributed by atoms with van der Waals surface area (Å²) in [6.07, 6.45) is 0. The highest BCUT2D eigenvalue weighted by atomic mass is 35.5. The van der Waals surface area contributed by atoms with E-state index in [0.717, 1.165) is 10.8 Å². The number of fused-ring (bicyclic) bond motifs is 1. The molecule has 0 atom stereocenters. The van der Waals surface area contributed by atoms with E-state index in [0.29, 0.717) is 11.0 Å². The monoisotopic (exact) mass is 292 g/mol. The second kappa shape index (κ2) is 5.63. The summed E-state index contributed by atoms with van der Waals surface area (Å²) in [7, 11) is 0. The van der Waals surface area contributed by atoms with E-state index in [1.807, 2.05) is 45.0 Å². The number of amides is 1. The predicted molar refractivity (Wildman–Crippen MR) is 80.9 cm³/mol. The Hall–Kier alpha value is -1.88. The highest BCUT2D eigenvalue weighted by Gasteiger charge is 2.14. The number of halogens is 1. The van der Waals surface area contributed by atoms with Gasteiger partial charge in [0.15, 0.2) is 11.0 Å². The number of carbonyl (C=O) groups excluding carboxylic acids is 1. The molecule has 0 saturated carbocycles. The Morgan fingerprint density at radius 3 is 2.50 bits per heavy atom. The van der Waals surface area contributed by atoms with E-state index in [1.165, 1.54) is 0 Å². The van der Waals surface area contributed by atoms with Crippen LogP contribution in [0.4, 0.5) is 5.82 Å². The molecule has 106 valence electrons. The molecular formula is C14H17ClN4O. The number of carbonyl (C=O) groups is 1. The molecule has 0 spiro atoms. The van der Waals surface area contributed by atoms with Gasteiger partial charge in [0.25, 0.3) is 0 Å². The summed E-state index contributed by atoms with van der Waals surface area (Å²) >= 11 is 6.00. The molecule has 0 radical (unpaired) electrons. The van der Waals surface area contributed by atoms with Gasteiger partial charge in [0.2, 0.25) is 5.91 Å². The van der Waals surface area contributed by atoms with Crippen molar-refractivity contribution < 1.29 is 4.79 Å². The lowest BCUT2D eigenvalue weighted by Gasteiger charge is -2.20. The Kier molecular flexibility index (Phi) is 4.09. The zero-order chi connectivity index (χ0) is 14.8. The lowest BCUT2D eigenvalue weighted by Crippen LogP contribution is -2.43. The summed E-state index contributed by atoms with van der Waals surface area (Å²) in [6.45, 7) is 5.94. The fourth-order valence-electron chi connectivity index (χ4n) is 1.83. The number of nitrogens with one attached hydrogen (secondary N) is 2. The molecule has 0 bridgehead atoms. The van der Waals surface area contributed by atoms with Crippen LogP contribution in [-0.4, -0.2) is 28.2 Å². The summed E-state index contributed by atoms with van der Waals surface area (Å²) in [5.41, 5.74) is -0.257. The van der Waals surface area contributed by atoms with Crippen LogP contribution < -0.4 is 10.6 Å². The Balaban J connectivity index is 2.15. The molecule has 0 aliphatic heterocycles. The van der Waals surface area contributed by atoms with Crippen LogP contribution in [0.2, 0.25) is 5.15 Å². The van der Waals surface area contributed by atoms with Crippen LogP contribution in [-0.2, 0) is 4.79 Å². The summed E-state index contributed by atoms with van der Waals surface area (Å²) < 4.78 is 0. The van der Waals surface area contributed by atoms with Crippen molar-refractivity contribution >= 4 is 34.1 Å². The Morgan fingerprint density at radius 2 is 1.85 bits per heavy atom. The van der Waals surface area contributed by atoms with Gasteiger partial charge in [-0.15, -0.1) is 10.2 Å². The maximum Gasteiger partial charge on any atom is 0.239 e. The Bertz CT molecular complexity index is 637. The molecule has 0 unspecified atom stereocenters. The number of nitrogens with zero attached hydrogens (tertiary/aromatic N) is 2. The van der Waals surface area contributed by atoms with Gasteiger partial charge in [-0.2, -0.15) is 0 Å². The van der Waals surface area contributed by atoms with Crippen molar-refractivity contribution in [3.8, 4) is 0 Å². The first-order chi connectivity index (χ1) is 9.37.